The van der Waals surface area contributed by atoms with Crippen molar-refractivity contribution in [1.29, 1.82) is 0 Å². The highest BCUT2D eigenvalue weighted by Crippen LogP contribution is 2.41. The van der Waals surface area contributed by atoms with Gasteiger partial charge in [-0.3, -0.25) is 0 Å². The van der Waals surface area contributed by atoms with Gasteiger partial charge in [0.05, 0.1) is 0 Å². The van der Waals surface area contributed by atoms with E-state index in [0.717, 1.165) is 11.1 Å². The third kappa shape index (κ3) is 1.80. The SMILES string of the molecule is CNC(c1ccc(C)cc1F)C1CC1. The van der Waals surface area contributed by atoms with Gasteiger partial charge in [0.25, 0.3) is 0 Å². The molecule has 1 fully saturated rings. The Hall–Kier alpha value is -0.890. The lowest BCUT2D eigenvalue weighted by Gasteiger charge is -2.16. The predicted molar refractivity (Wildman–Crippen MR) is 55.7 cm³/mol. The van der Waals surface area contributed by atoms with Crippen LogP contribution >= 0.6 is 0 Å². The maximum absolute atomic E-state index is 13.6. The van der Waals surface area contributed by atoms with Crippen molar-refractivity contribution in [1.82, 2.24) is 5.32 Å². The average Bonchev–Trinajstić information content (AvgIpc) is 2.93. The van der Waals surface area contributed by atoms with Gasteiger partial charge in [-0.05, 0) is 44.4 Å². The summed E-state index contributed by atoms with van der Waals surface area (Å²) in [7, 11) is 1.91. The van der Waals surface area contributed by atoms with Crippen LogP contribution in [0.15, 0.2) is 18.2 Å². The fourth-order valence-corrected chi connectivity index (χ4v) is 1.96. The highest BCUT2D eigenvalue weighted by Gasteiger charge is 2.32. The number of aryl methyl sites for hydroxylation is 1. The summed E-state index contributed by atoms with van der Waals surface area (Å²) in [5.74, 6) is 0.563. The number of halogens is 1. The first kappa shape index (κ1) is 9.66. The second-order valence-electron chi connectivity index (χ2n) is 4.13. The molecular formula is C12H16FN. The van der Waals surface area contributed by atoms with Crippen LogP contribution in [0.25, 0.3) is 0 Å². The molecule has 1 aromatic carbocycles. The van der Waals surface area contributed by atoms with Crippen LogP contribution in [0.4, 0.5) is 4.39 Å². The molecule has 2 heteroatoms. The standard InChI is InChI=1S/C12H16FN/c1-8-3-6-10(11(13)7-8)12(14-2)9-4-5-9/h3,6-7,9,12,14H,4-5H2,1-2H3. The van der Waals surface area contributed by atoms with Gasteiger partial charge in [-0.1, -0.05) is 12.1 Å². The Balaban J connectivity index is 2.29. The van der Waals surface area contributed by atoms with Gasteiger partial charge in [-0.2, -0.15) is 0 Å². The molecule has 0 amide bonds. The van der Waals surface area contributed by atoms with Crippen LogP contribution in [-0.4, -0.2) is 7.05 Å². The van der Waals surface area contributed by atoms with Gasteiger partial charge in [-0.25, -0.2) is 4.39 Å². The van der Waals surface area contributed by atoms with E-state index in [2.05, 4.69) is 5.32 Å². The Kier molecular flexibility index (Phi) is 2.55. The Morgan fingerprint density at radius 1 is 1.43 bits per heavy atom. The monoisotopic (exact) mass is 193 g/mol. The number of hydrogen-bond acceptors (Lipinski definition) is 1. The van der Waals surface area contributed by atoms with Crippen LogP contribution < -0.4 is 5.32 Å². The van der Waals surface area contributed by atoms with Gasteiger partial charge < -0.3 is 5.32 Å². The molecule has 1 aliphatic rings. The molecule has 1 unspecified atom stereocenters. The summed E-state index contributed by atoms with van der Waals surface area (Å²) in [5, 5.41) is 3.20. The Bertz CT molecular complexity index is 331. The number of nitrogens with one attached hydrogen (secondary N) is 1. The van der Waals surface area contributed by atoms with Crippen LogP contribution in [0, 0.1) is 18.7 Å². The van der Waals surface area contributed by atoms with E-state index < -0.39 is 0 Å². The van der Waals surface area contributed by atoms with Gasteiger partial charge in [-0.15, -0.1) is 0 Å². The highest BCUT2D eigenvalue weighted by molar-refractivity contribution is 5.27. The fraction of sp³-hybridized carbons (Fsp3) is 0.500. The zero-order valence-electron chi connectivity index (χ0n) is 8.68. The molecule has 1 nitrogen and oxygen atoms in total. The second kappa shape index (κ2) is 3.70. The molecule has 0 spiro atoms. The Labute approximate surface area is 84.3 Å². The molecule has 0 aromatic heterocycles. The van der Waals surface area contributed by atoms with Gasteiger partial charge in [0, 0.05) is 11.6 Å². The number of hydrogen-bond donors (Lipinski definition) is 1. The first-order valence-corrected chi connectivity index (χ1v) is 5.15. The minimum atomic E-state index is -0.0729. The lowest BCUT2D eigenvalue weighted by atomic mass is 10.0. The number of rotatable bonds is 3. The first-order valence-electron chi connectivity index (χ1n) is 5.15. The summed E-state index contributed by atoms with van der Waals surface area (Å²) in [6, 6.07) is 5.70. The van der Waals surface area contributed by atoms with Gasteiger partial charge in [0.1, 0.15) is 5.82 Å². The molecular weight excluding hydrogens is 177 g/mol. The molecule has 1 aromatic rings. The minimum Gasteiger partial charge on any atom is -0.313 e. The smallest absolute Gasteiger partial charge is 0.128 e. The van der Waals surface area contributed by atoms with Crippen LogP contribution in [0.3, 0.4) is 0 Å². The first-order chi connectivity index (χ1) is 6.72. The molecule has 1 atom stereocenters. The van der Waals surface area contributed by atoms with Crippen LogP contribution in [0.5, 0.6) is 0 Å². The molecule has 0 aliphatic heterocycles. The van der Waals surface area contributed by atoms with Crippen molar-refractivity contribution < 1.29 is 4.39 Å². The van der Waals surface area contributed by atoms with Crippen molar-refractivity contribution in [2.45, 2.75) is 25.8 Å². The van der Waals surface area contributed by atoms with Crippen LogP contribution in [-0.2, 0) is 0 Å². The van der Waals surface area contributed by atoms with E-state index in [4.69, 9.17) is 0 Å². The molecule has 0 bridgehead atoms. The molecule has 76 valence electrons. The van der Waals surface area contributed by atoms with Crippen molar-refractivity contribution in [2.24, 2.45) is 5.92 Å². The van der Waals surface area contributed by atoms with Crippen molar-refractivity contribution in [3.63, 3.8) is 0 Å². The third-order valence-corrected chi connectivity index (χ3v) is 2.90. The van der Waals surface area contributed by atoms with Crippen LogP contribution in [0.2, 0.25) is 0 Å². The summed E-state index contributed by atoms with van der Waals surface area (Å²) in [6.45, 7) is 1.92. The summed E-state index contributed by atoms with van der Waals surface area (Å²) in [4.78, 5) is 0. The minimum absolute atomic E-state index is 0.0729. The average molecular weight is 193 g/mol. The van der Waals surface area contributed by atoms with Gasteiger partial charge in [0.15, 0.2) is 0 Å². The quantitative estimate of drug-likeness (QED) is 0.778. The maximum Gasteiger partial charge on any atom is 0.128 e. The van der Waals surface area contributed by atoms with Crippen molar-refractivity contribution in [3.05, 3.63) is 35.1 Å². The Morgan fingerprint density at radius 2 is 2.14 bits per heavy atom. The molecule has 1 aliphatic carbocycles. The number of benzene rings is 1. The van der Waals surface area contributed by atoms with Crippen molar-refractivity contribution in [3.8, 4) is 0 Å². The summed E-state index contributed by atoms with van der Waals surface area (Å²) in [5.41, 5.74) is 1.80. The molecule has 14 heavy (non-hydrogen) atoms. The van der Waals surface area contributed by atoms with E-state index in [9.17, 15) is 4.39 Å². The maximum atomic E-state index is 13.6. The zero-order chi connectivity index (χ0) is 10.1. The fourth-order valence-electron chi connectivity index (χ4n) is 1.96. The van der Waals surface area contributed by atoms with E-state index in [1.807, 2.05) is 26.1 Å². The zero-order valence-corrected chi connectivity index (χ0v) is 8.68. The summed E-state index contributed by atoms with van der Waals surface area (Å²) in [6.07, 6.45) is 2.44. The lowest BCUT2D eigenvalue weighted by molar-refractivity contribution is 0.492. The predicted octanol–water partition coefficient (Wildman–Crippen LogP) is 2.80. The molecule has 0 radical (unpaired) electrons. The normalized spacial score (nSPS) is 18.2. The topological polar surface area (TPSA) is 12.0 Å². The molecule has 1 saturated carbocycles. The lowest BCUT2D eigenvalue weighted by Crippen LogP contribution is -2.19. The van der Waals surface area contributed by atoms with E-state index in [1.165, 1.54) is 12.8 Å². The summed E-state index contributed by atoms with van der Waals surface area (Å²) >= 11 is 0. The van der Waals surface area contributed by atoms with Crippen molar-refractivity contribution >= 4 is 0 Å². The van der Waals surface area contributed by atoms with E-state index in [0.29, 0.717) is 5.92 Å². The van der Waals surface area contributed by atoms with Gasteiger partial charge in [0.2, 0.25) is 0 Å². The van der Waals surface area contributed by atoms with Crippen molar-refractivity contribution in [2.75, 3.05) is 7.05 Å². The van der Waals surface area contributed by atoms with E-state index in [1.54, 1.807) is 6.07 Å². The Morgan fingerprint density at radius 3 is 2.64 bits per heavy atom. The molecule has 0 saturated heterocycles. The molecule has 1 N–H and O–H groups in total. The van der Waals surface area contributed by atoms with Crippen LogP contribution in [0.1, 0.15) is 30.0 Å². The molecule has 0 heterocycles. The molecule has 2 rings (SSSR count). The van der Waals surface area contributed by atoms with Gasteiger partial charge >= 0.3 is 0 Å². The van der Waals surface area contributed by atoms with E-state index in [-0.39, 0.29) is 11.9 Å². The van der Waals surface area contributed by atoms with E-state index >= 15 is 0 Å². The second-order valence-corrected chi connectivity index (χ2v) is 4.13. The summed E-state index contributed by atoms with van der Waals surface area (Å²) < 4.78 is 13.6. The largest absolute Gasteiger partial charge is 0.313 e. The highest BCUT2D eigenvalue weighted by atomic mass is 19.1. The third-order valence-electron chi connectivity index (χ3n) is 2.90.